The van der Waals surface area contributed by atoms with Gasteiger partial charge in [0.05, 0.1) is 0 Å². The number of nitrogens with one attached hydrogen (secondary N) is 1. The van der Waals surface area contributed by atoms with Crippen molar-refractivity contribution in [2.24, 2.45) is 0 Å². The Morgan fingerprint density at radius 3 is 2.81 bits per heavy atom. The van der Waals surface area contributed by atoms with E-state index in [1.165, 1.54) is 24.0 Å². The number of hydrogen-bond acceptors (Lipinski definition) is 1. The van der Waals surface area contributed by atoms with Gasteiger partial charge in [0.25, 0.3) is 0 Å². The molecule has 0 fully saturated rings. The lowest BCUT2D eigenvalue weighted by Crippen LogP contribution is -2.27. The van der Waals surface area contributed by atoms with Gasteiger partial charge in [0.1, 0.15) is 5.82 Å². The molecule has 1 N–H and O–H groups in total. The first-order valence-corrected chi connectivity index (χ1v) is 7.75. The molecule has 0 aliphatic heterocycles. The topological polar surface area (TPSA) is 12.0 Å². The molecule has 2 atom stereocenters. The molecule has 0 saturated carbocycles. The fourth-order valence-corrected chi connectivity index (χ4v) is 3.20. The van der Waals surface area contributed by atoms with Gasteiger partial charge in [-0.15, -0.1) is 0 Å². The van der Waals surface area contributed by atoms with Crippen molar-refractivity contribution in [1.82, 2.24) is 5.32 Å². The highest BCUT2D eigenvalue weighted by atomic mass is 19.1. The second-order valence-electron chi connectivity index (χ2n) is 6.04. The Morgan fingerprint density at radius 1 is 1.19 bits per heavy atom. The molecule has 2 heteroatoms. The van der Waals surface area contributed by atoms with E-state index in [0.717, 1.165) is 12.0 Å². The van der Waals surface area contributed by atoms with Crippen LogP contribution >= 0.6 is 0 Å². The molecule has 2 unspecified atom stereocenters. The minimum absolute atomic E-state index is 0.120. The molecule has 2 aromatic rings. The smallest absolute Gasteiger partial charge is 0.126 e. The molecular formula is C19H22FN. The van der Waals surface area contributed by atoms with Crippen LogP contribution in [0.3, 0.4) is 0 Å². The first-order valence-electron chi connectivity index (χ1n) is 7.75. The van der Waals surface area contributed by atoms with Crippen LogP contribution in [-0.4, -0.2) is 0 Å². The van der Waals surface area contributed by atoms with Crippen molar-refractivity contribution in [3.63, 3.8) is 0 Å². The quantitative estimate of drug-likeness (QED) is 0.848. The first-order chi connectivity index (χ1) is 10.1. The van der Waals surface area contributed by atoms with E-state index in [1.807, 2.05) is 12.1 Å². The summed E-state index contributed by atoms with van der Waals surface area (Å²) in [5, 5.41) is 3.67. The molecule has 0 saturated heterocycles. The molecule has 1 aliphatic rings. The highest BCUT2D eigenvalue weighted by Crippen LogP contribution is 2.31. The summed E-state index contributed by atoms with van der Waals surface area (Å²) in [7, 11) is 0. The molecule has 3 rings (SSSR count). The van der Waals surface area contributed by atoms with Gasteiger partial charge in [-0.05, 0) is 61.4 Å². The number of benzene rings is 2. The average Bonchev–Trinajstić information content (AvgIpc) is 2.50. The van der Waals surface area contributed by atoms with Crippen molar-refractivity contribution in [2.75, 3.05) is 0 Å². The predicted molar refractivity (Wildman–Crippen MR) is 84.8 cm³/mol. The minimum atomic E-state index is -0.120. The van der Waals surface area contributed by atoms with E-state index in [2.05, 4.69) is 36.5 Å². The largest absolute Gasteiger partial charge is 0.303 e. The Morgan fingerprint density at radius 2 is 2.00 bits per heavy atom. The van der Waals surface area contributed by atoms with Crippen molar-refractivity contribution >= 4 is 0 Å². The van der Waals surface area contributed by atoms with Crippen LogP contribution in [0.5, 0.6) is 0 Å². The molecule has 21 heavy (non-hydrogen) atoms. The van der Waals surface area contributed by atoms with Gasteiger partial charge in [-0.2, -0.15) is 0 Å². The summed E-state index contributed by atoms with van der Waals surface area (Å²) in [5.74, 6) is -0.120. The van der Waals surface area contributed by atoms with Gasteiger partial charge in [0, 0.05) is 12.1 Å². The summed E-state index contributed by atoms with van der Waals surface area (Å²) in [6.07, 6.45) is 3.53. The van der Waals surface area contributed by atoms with Crippen LogP contribution in [0.15, 0.2) is 42.5 Å². The van der Waals surface area contributed by atoms with E-state index in [4.69, 9.17) is 0 Å². The highest BCUT2D eigenvalue weighted by molar-refractivity contribution is 5.33. The van der Waals surface area contributed by atoms with Gasteiger partial charge >= 0.3 is 0 Å². The zero-order valence-corrected chi connectivity index (χ0v) is 12.7. The van der Waals surface area contributed by atoms with Crippen LogP contribution in [0, 0.1) is 12.7 Å². The third kappa shape index (κ3) is 3.01. The average molecular weight is 283 g/mol. The summed E-state index contributed by atoms with van der Waals surface area (Å²) >= 11 is 0. The number of aryl methyl sites for hydroxylation is 2. The molecule has 0 spiro atoms. The van der Waals surface area contributed by atoms with Crippen LogP contribution < -0.4 is 5.32 Å². The maximum absolute atomic E-state index is 13.7. The molecular weight excluding hydrogens is 261 g/mol. The minimum Gasteiger partial charge on any atom is -0.303 e. The molecule has 0 radical (unpaired) electrons. The van der Waals surface area contributed by atoms with Crippen molar-refractivity contribution in [1.29, 1.82) is 0 Å². The van der Waals surface area contributed by atoms with Gasteiger partial charge in [0.15, 0.2) is 0 Å². The standard InChI is InChI=1S/C19H22FN/c1-13-10-11-16(12-18(13)20)14(2)21-19-9-5-7-15-6-3-4-8-17(15)19/h3-4,6,8,10-12,14,19,21H,5,7,9H2,1-2H3. The summed E-state index contributed by atoms with van der Waals surface area (Å²) in [5.41, 5.74) is 4.57. The third-order valence-electron chi connectivity index (χ3n) is 4.52. The Kier molecular flexibility index (Phi) is 4.07. The second-order valence-corrected chi connectivity index (χ2v) is 6.04. The molecule has 0 amide bonds. The molecule has 110 valence electrons. The summed E-state index contributed by atoms with van der Waals surface area (Å²) < 4.78 is 13.7. The number of hydrogen-bond donors (Lipinski definition) is 1. The van der Waals surface area contributed by atoms with E-state index >= 15 is 0 Å². The molecule has 2 aromatic carbocycles. The van der Waals surface area contributed by atoms with Crippen LogP contribution in [-0.2, 0) is 6.42 Å². The Balaban J connectivity index is 1.79. The highest BCUT2D eigenvalue weighted by Gasteiger charge is 2.21. The van der Waals surface area contributed by atoms with Crippen molar-refractivity contribution in [3.05, 3.63) is 70.5 Å². The second kappa shape index (κ2) is 5.98. The van der Waals surface area contributed by atoms with Crippen molar-refractivity contribution in [2.45, 2.75) is 45.2 Å². The molecule has 0 aromatic heterocycles. The Labute approximate surface area is 126 Å². The van der Waals surface area contributed by atoms with E-state index < -0.39 is 0 Å². The first kappa shape index (κ1) is 14.3. The number of halogens is 1. The molecule has 0 bridgehead atoms. The Hall–Kier alpha value is -1.67. The van der Waals surface area contributed by atoms with Gasteiger partial charge < -0.3 is 5.32 Å². The molecule has 0 heterocycles. The normalized spacial score (nSPS) is 19.1. The van der Waals surface area contributed by atoms with Crippen molar-refractivity contribution in [3.8, 4) is 0 Å². The van der Waals surface area contributed by atoms with Gasteiger partial charge in [0.2, 0.25) is 0 Å². The van der Waals surface area contributed by atoms with Gasteiger partial charge in [-0.25, -0.2) is 4.39 Å². The lowest BCUT2D eigenvalue weighted by molar-refractivity contribution is 0.414. The summed E-state index contributed by atoms with van der Waals surface area (Å²) in [4.78, 5) is 0. The monoisotopic (exact) mass is 283 g/mol. The maximum Gasteiger partial charge on any atom is 0.126 e. The van der Waals surface area contributed by atoms with E-state index in [-0.39, 0.29) is 11.9 Å². The van der Waals surface area contributed by atoms with E-state index in [0.29, 0.717) is 11.6 Å². The third-order valence-corrected chi connectivity index (χ3v) is 4.52. The van der Waals surface area contributed by atoms with E-state index in [1.54, 1.807) is 13.0 Å². The lowest BCUT2D eigenvalue weighted by Gasteiger charge is -2.29. The fraction of sp³-hybridized carbons (Fsp3) is 0.368. The zero-order chi connectivity index (χ0) is 14.8. The summed E-state index contributed by atoms with van der Waals surface area (Å²) in [6, 6.07) is 14.7. The van der Waals surface area contributed by atoms with Crippen LogP contribution in [0.2, 0.25) is 0 Å². The zero-order valence-electron chi connectivity index (χ0n) is 12.7. The van der Waals surface area contributed by atoms with Crippen LogP contribution in [0.4, 0.5) is 4.39 Å². The molecule has 1 aliphatic carbocycles. The number of fused-ring (bicyclic) bond motifs is 1. The maximum atomic E-state index is 13.7. The van der Waals surface area contributed by atoms with Crippen molar-refractivity contribution < 1.29 is 4.39 Å². The predicted octanol–water partition coefficient (Wildman–Crippen LogP) is 4.86. The Bertz CT molecular complexity index is 635. The van der Waals surface area contributed by atoms with Crippen LogP contribution in [0.25, 0.3) is 0 Å². The van der Waals surface area contributed by atoms with Gasteiger partial charge in [-0.1, -0.05) is 36.4 Å². The molecule has 1 nitrogen and oxygen atoms in total. The van der Waals surface area contributed by atoms with Crippen LogP contribution in [0.1, 0.15) is 54.1 Å². The summed E-state index contributed by atoms with van der Waals surface area (Å²) in [6.45, 7) is 3.91. The van der Waals surface area contributed by atoms with Gasteiger partial charge in [-0.3, -0.25) is 0 Å². The number of rotatable bonds is 3. The van der Waals surface area contributed by atoms with E-state index in [9.17, 15) is 4.39 Å². The lowest BCUT2D eigenvalue weighted by atomic mass is 9.87. The SMILES string of the molecule is Cc1ccc(C(C)NC2CCCc3ccccc32)cc1F. The fourth-order valence-electron chi connectivity index (χ4n) is 3.20.